The predicted molar refractivity (Wildman–Crippen MR) is 51.3 cm³/mol. The first-order chi connectivity index (χ1) is 6.18. The topological polar surface area (TPSA) is 32.3 Å². The van der Waals surface area contributed by atoms with Gasteiger partial charge in [0, 0.05) is 25.0 Å². The molecule has 0 spiro atoms. The average molecular weight is 182 g/mol. The van der Waals surface area contributed by atoms with Gasteiger partial charge in [0.25, 0.3) is 0 Å². The van der Waals surface area contributed by atoms with Gasteiger partial charge in [0.05, 0.1) is 0 Å². The Balaban J connectivity index is 2.04. The van der Waals surface area contributed by atoms with E-state index in [-0.39, 0.29) is 5.92 Å². The molecule has 0 aliphatic carbocycles. The number of nitrogens with one attached hydrogen (secondary N) is 1. The van der Waals surface area contributed by atoms with E-state index in [4.69, 9.17) is 0 Å². The Morgan fingerprint density at radius 2 is 2.23 bits per heavy atom. The number of carbonyl (C=O) groups is 1. The molecule has 0 radical (unpaired) electrons. The van der Waals surface area contributed by atoms with Crippen LogP contribution in [0.5, 0.6) is 0 Å². The van der Waals surface area contributed by atoms with Crippen LogP contribution in [0.15, 0.2) is 0 Å². The van der Waals surface area contributed by atoms with E-state index in [1.165, 1.54) is 6.42 Å². The summed E-state index contributed by atoms with van der Waals surface area (Å²) in [5.74, 6) is 1.19. The smallest absolute Gasteiger partial charge is 0.225 e. The molecule has 0 saturated carbocycles. The molecular weight excluding hydrogens is 164 g/mol. The molecule has 3 nitrogen and oxygen atoms in total. The van der Waals surface area contributed by atoms with Crippen molar-refractivity contribution >= 4 is 5.91 Å². The van der Waals surface area contributed by atoms with E-state index in [9.17, 15) is 4.79 Å². The normalized spacial score (nSPS) is 32.7. The number of hydrogen-bond donors (Lipinski definition) is 1. The van der Waals surface area contributed by atoms with Gasteiger partial charge in [0.1, 0.15) is 0 Å². The summed E-state index contributed by atoms with van der Waals surface area (Å²) in [7, 11) is 0. The van der Waals surface area contributed by atoms with Crippen LogP contribution < -0.4 is 5.32 Å². The Labute approximate surface area is 79.5 Å². The van der Waals surface area contributed by atoms with Crippen LogP contribution in [0.25, 0.3) is 0 Å². The van der Waals surface area contributed by atoms with Gasteiger partial charge in [-0.2, -0.15) is 0 Å². The molecular formula is C10H18N2O. The molecule has 2 fully saturated rings. The van der Waals surface area contributed by atoms with Crippen LogP contribution in [0.1, 0.15) is 20.3 Å². The summed E-state index contributed by atoms with van der Waals surface area (Å²) in [6, 6.07) is 0.480. The second kappa shape index (κ2) is 3.29. The van der Waals surface area contributed by atoms with Gasteiger partial charge in [-0.25, -0.2) is 0 Å². The summed E-state index contributed by atoms with van der Waals surface area (Å²) >= 11 is 0. The molecule has 0 aromatic heterocycles. The Kier molecular flexibility index (Phi) is 2.28. The van der Waals surface area contributed by atoms with E-state index >= 15 is 0 Å². The highest BCUT2D eigenvalue weighted by molar-refractivity contribution is 5.78. The van der Waals surface area contributed by atoms with Gasteiger partial charge in [-0.1, -0.05) is 13.8 Å². The molecule has 2 heterocycles. The zero-order valence-electron chi connectivity index (χ0n) is 8.42. The standard InChI is InChI=1S/C10H18N2O/c1-7(2)10(13)12-6-8-3-9(12)5-11-4-8/h7-9,11H,3-6H2,1-2H3/t8-,9?/m1/s1. The first-order valence-electron chi connectivity index (χ1n) is 5.19. The number of carbonyl (C=O) groups excluding carboxylic acids is 1. The van der Waals surface area contributed by atoms with Crippen LogP contribution in [0, 0.1) is 11.8 Å². The fourth-order valence-corrected chi connectivity index (χ4v) is 2.41. The fourth-order valence-electron chi connectivity index (χ4n) is 2.41. The van der Waals surface area contributed by atoms with Crippen molar-refractivity contribution in [3.63, 3.8) is 0 Å². The molecule has 1 amide bonds. The van der Waals surface area contributed by atoms with Crippen molar-refractivity contribution in [2.75, 3.05) is 19.6 Å². The van der Waals surface area contributed by atoms with Crippen molar-refractivity contribution in [1.29, 1.82) is 0 Å². The van der Waals surface area contributed by atoms with Crippen LogP contribution in [-0.2, 0) is 4.79 Å². The Morgan fingerprint density at radius 1 is 1.46 bits per heavy atom. The van der Waals surface area contributed by atoms with Crippen molar-refractivity contribution in [2.45, 2.75) is 26.3 Å². The predicted octanol–water partition coefficient (Wildman–Crippen LogP) is 0.463. The SMILES string of the molecule is CC(C)C(=O)N1C[C@H]2CNCC1C2. The quantitative estimate of drug-likeness (QED) is 0.639. The minimum atomic E-state index is 0.152. The van der Waals surface area contributed by atoms with E-state index < -0.39 is 0 Å². The van der Waals surface area contributed by atoms with E-state index in [1.54, 1.807) is 0 Å². The van der Waals surface area contributed by atoms with Gasteiger partial charge < -0.3 is 10.2 Å². The summed E-state index contributed by atoms with van der Waals surface area (Å²) < 4.78 is 0. The lowest BCUT2D eigenvalue weighted by molar-refractivity contribution is -0.135. The third-order valence-corrected chi connectivity index (χ3v) is 3.09. The van der Waals surface area contributed by atoms with Gasteiger partial charge in [0.2, 0.25) is 5.91 Å². The molecule has 2 aliphatic heterocycles. The summed E-state index contributed by atoms with van der Waals surface area (Å²) in [4.78, 5) is 13.9. The minimum absolute atomic E-state index is 0.152. The maximum atomic E-state index is 11.8. The number of nitrogens with zero attached hydrogens (tertiary/aromatic N) is 1. The molecule has 2 aliphatic rings. The van der Waals surface area contributed by atoms with Gasteiger partial charge >= 0.3 is 0 Å². The Bertz CT molecular complexity index is 215. The fraction of sp³-hybridized carbons (Fsp3) is 0.900. The number of likely N-dealkylation sites (tertiary alicyclic amines) is 1. The van der Waals surface area contributed by atoms with E-state index in [1.807, 2.05) is 13.8 Å². The van der Waals surface area contributed by atoms with Gasteiger partial charge in [-0.3, -0.25) is 4.79 Å². The lowest BCUT2D eigenvalue weighted by Gasteiger charge is -2.26. The van der Waals surface area contributed by atoms with Gasteiger partial charge in [0.15, 0.2) is 0 Å². The highest BCUT2D eigenvalue weighted by Crippen LogP contribution is 2.26. The maximum absolute atomic E-state index is 11.8. The molecule has 1 unspecified atom stereocenters. The number of amides is 1. The zero-order chi connectivity index (χ0) is 9.42. The highest BCUT2D eigenvalue weighted by atomic mass is 16.2. The maximum Gasteiger partial charge on any atom is 0.225 e. The Hall–Kier alpha value is -0.570. The van der Waals surface area contributed by atoms with Gasteiger partial charge in [-0.05, 0) is 18.9 Å². The molecule has 13 heavy (non-hydrogen) atoms. The van der Waals surface area contributed by atoms with Gasteiger partial charge in [-0.15, -0.1) is 0 Å². The lowest BCUT2D eigenvalue weighted by Crippen LogP contribution is -2.43. The first-order valence-corrected chi connectivity index (χ1v) is 5.19. The third-order valence-electron chi connectivity index (χ3n) is 3.09. The van der Waals surface area contributed by atoms with Crippen LogP contribution in [-0.4, -0.2) is 36.5 Å². The van der Waals surface area contributed by atoms with Crippen LogP contribution in [0.4, 0.5) is 0 Å². The second-order valence-electron chi connectivity index (χ2n) is 4.56. The van der Waals surface area contributed by atoms with Crippen molar-refractivity contribution in [3.8, 4) is 0 Å². The first kappa shape index (κ1) is 9.00. The van der Waals surface area contributed by atoms with Crippen molar-refractivity contribution in [1.82, 2.24) is 10.2 Å². The molecule has 2 bridgehead atoms. The lowest BCUT2D eigenvalue weighted by atomic mass is 10.0. The summed E-state index contributed by atoms with van der Waals surface area (Å²) in [6.45, 7) is 7.04. The van der Waals surface area contributed by atoms with E-state index in [0.717, 1.165) is 19.6 Å². The number of hydrogen-bond acceptors (Lipinski definition) is 2. The molecule has 74 valence electrons. The molecule has 2 rings (SSSR count). The van der Waals surface area contributed by atoms with Crippen molar-refractivity contribution < 1.29 is 4.79 Å². The highest BCUT2D eigenvalue weighted by Gasteiger charge is 2.38. The summed E-state index contributed by atoms with van der Waals surface area (Å²) in [6.07, 6.45) is 1.21. The number of fused-ring (bicyclic) bond motifs is 2. The van der Waals surface area contributed by atoms with E-state index in [0.29, 0.717) is 17.9 Å². The second-order valence-corrected chi connectivity index (χ2v) is 4.56. The molecule has 0 aromatic rings. The largest absolute Gasteiger partial charge is 0.338 e. The molecule has 2 atom stereocenters. The average Bonchev–Trinajstić information content (AvgIpc) is 2.40. The minimum Gasteiger partial charge on any atom is -0.338 e. The summed E-state index contributed by atoms with van der Waals surface area (Å²) in [5.41, 5.74) is 0. The van der Waals surface area contributed by atoms with Crippen molar-refractivity contribution in [3.05, 3.63) is 0 Å². The molecule has 1 N–H and O–H groups in total. The Morgan fingerprint density at radius 3 is 2.85 bits per heavy atom. The number of rotatable bonds is 1. The third kappa shape index (κ3) is 1.57. The molecule has 0 aromatic carbocycles. The molecule has 3 heteroatoms. The van der Waals surface area contributed by atoms with Crippen molar-refractivity contribution in [2.24, 2.45) is 11.8 Å². The van der Waals surface area contributed by atoms with Crippen LogP contribution >= 0.6 is 0 Å². The summed E-state index contributed by atoms with van der Waals surface area (Å²) in [5, 5.41) is 3.38. The van der Waals surface area contributed by atoms with Crippen LogP contribution in [0.3, 0.4) is 0 Å². The number of piperidine rings is 1. The van der Waals surface area contributed by atoms with E-state index in [2.05, 4.69) is 10.2 Å². The monoisotopic (exact) mass is 182 g/mol. The molecule has 2 saturated heterocycles. The zero-order valence-corrected chi connectivity index (χ0v) is 8.42. The van der Waals surface area contributed by atoms with Crippen LogP contribution in [0.2, 0.25) is 0 Å².